The van der Waals surface area contributed by atoms with E-state index in [0.717, 1.165) is 0 Å². The average Bonchev–Trinajstić information content (AvgIpc) is 2.04. The molecule has 1 aromatic carbocycles. The molecular formula is C7H5Cl3O2SZn. The molecule has 0 saturated carbocycles. The molecule has 1 aromatic rings. The molecule has 0 heterocycles. The zero-order chi connectivity index (χ0) is 10.1. The van der Waals surface area contributed by atoms with Crippen LogP contribution in [-0.2, 0) is 34.2 Å². The third-order valence-corrected chi connectivity index (χ3v) is 3.59. The molecule has 1 unspecified atom stereocenters. The van der Waals surface area contributed by atoms with Gasteiger partial charge in [-0.2, -0.15) is 0 Å². The molecule has 0 aliphatic carbocycles. The molecule has 14 heavy (non-hydrogen) atoms. The van der Waals surface area contributed by atoms with Crippen LogP contribution in [0.2, 0.25) is 5.02 Å². The SMILES string of the molecule is O=S(O)C(Cl)(Cl)c1ccccc1Cl.[Zn]. The summed E-state index contributed by atoms with van der Waals surface area (Å²) in [6.07, 6.45) is 0. The number of benzene rings is 1. The Labute approximate surface area is 112 Å². The van der Waals surface area contributed by atoms with Gasteiger partial charge in [0.05, 0.1) is 0 Å². The van der Waals surface area contributed by atoms with Gasteiger partial charge in [-0.1, -0.05) is 53.0 Å². The summed E-state index contributed by atoms with van der Waals surface area (Å²) in [5, 5.41) is 0.259. The van der Waals surface area contributed by atoms with Crippen LogP contribution in [-0.4, -0.2) is 8.76 Å². The molecule has 1 N–H and O–H groups in total. The summed E-state index contributed by atoms with van der Waals surface area (Å²) in [7, 11) is 0. The van der Waals surface area contributed by atoms with Crippen LogP contribution >= 0.6 is 34.8 Å². The maximum absolute atomic E-state index is 10.8. The molecule has 0 radical (unpaired) electrons. The smallest absolute Gasteiger partial charge is 0.243 e. The van der Waals surface area contributed by atoms with Gasteiger partial charge < -0.3 is 4.55 Å². The predicted octanol–water partition coefficient (Wildman–Crippen LogP) is 3.15. The van der Waals surface area contributed by atoms with Gasteiger partial charge in [0.2, 0.25) is 3.67 Å². The first-order valence-electron chi connectivity index (χ1n) is 3.20. The van der Waals surface area contributed by atoms with Crippen LogP contribution in [0.25, 0.3) is 0 Å². The van der Waals surface area contributed by atoms with Gasteiger partial charge >= 0.3 is 0 Å². The van der Waals surface area contributed by atoms with Crippen molar-refractivity contribution in [3.05, 3.63) is 34.9 Å². The molecule has 0 fully saturated rings. The van der Waals surface area contributed by atoms with Crippen molar-refractivity contribution in [2.45, 2.75) is 3.67 Å². The molecule has 0 aliphatic heterocycles. The van der Waals surface area contributed by atoms with Crippen molar-refractivity contribution < 1.29 is 28.2 Å². The van der Waals surface area contributed by atoms with E-state index < -0.39 is 14.7 Å². The van der Waals surface area contributed by atoms with E-state index in [-0.39, 0.29) is 30.1 Å². The molecule has 0 amide bonds. The number of halogens is 3. The Kier molecular flexibility index (Phi) is 6.12. The van der Waals surface area contributed by atoms with Gasteiger partial charge in [0.15, 0.2) is 11.1 Å². The van der Waals surface area contributed by atoms with Gasteiger partial charge in [-0.15, -0.1) is 0 Å². The third-order valence-electron chi connectivity index (χ3n) is 1.41. The molecule has 0 aliphatic rings. The van der Waals surface area contributed by atoms with Crippen molar-refractivity contribution in [2.24, 2.45) is 0 Å². The first-order chi connectivity index (χ1) is 5.96. The Hall–Kier alpha value is 0.823. The zero-order valence-corrected chi connectivity index (χ0v) is 13.0. The van der Waals surface area contributed by atoms with Crippen molar-refractivity contribution in [3.8, 4) is 0 Å². The Morgan fingerprint density at radius 3 is 2.21 bits per heavy atom. The Balaban J connectivity index is 0.00000169. The van der Waals surface area contributed by atoms with Gasteiger partial charge in [0.25, 0.3) is 0 Å². The van der Waals surface area contributed by atoms with Crippen LogP contribution in [0.15, 0.2) is 24.3 Å². The largest absolute Gasteiger partial charge is 0.304 e. The van der Waals surface area contributed by atoms with E-state index >= 15 is 0 Å². The summed E-state index contributed by atoms with van der Waals surface area (Å²) < 4.78 is 17.7. The van der Waals surface area contributed by atoms with E-state index in [1.807, 2.05) is 0 Å². The fourth-order valence-electron chi connectivity index (χ4n) is 0.791. The zero-order valence-electron chi connectivity index (χ0n) is 6.91. The van der Waals surface area contributed by atoms with Gasteiger partial charge in [-0.3, -0.25) is 0 Å². The summed E-state index contributed by atoms with van der Waals surface area (Å²) in [6.45, 7) is 0. The van der Waals surface area contributed by atoms with Gasteiger partial charge in [0, 0.05) is 30.1 Å². The van der Waals surface area contributed by atoms with Crippen LogP contribution in [0, 0.1) is 0 Å². The molecule has 0 aromatic heterocycles. The average molecular weight is 325 g/mol. The molecule has 0 saturated heterocycles. The molecule has 0 spiro atoms. The number of hydrogen-bond acceptors (Lipinski definition) is 1. The van der Waals surface area contributed by atoms with Crippen LogP contribution in [0.3, 0.4) is 0 Å². The fraction of sp³-hybridized carbons (Fsp3) is 0.143. The summed E-state index contributed by atoms with van der Waals surface area (Å²) >= 11 is 14.6. The van der Waals surface area contributed by atoms with Gasteiger partial charge in [-0.25, -0.2) is 4.21 Å². The summed E-state index contributed by atoms with van der Waals surface area (Å²) in [6, 6.07) is 6.35. The quantitative estimate of drug-likeness (QED) is 0.515. The maximum atomic E-state index is 10.8. The summed E-state index contributed by atoms with van der Waals surface area (Å²) in [5.74, 6) is 0. The summed E-state index contributed by atoms with van der Waals surface area (Å²) in [4.78, 5) is 0. The van der Waals surface area contributed by atoms with Crippen molar-refractivity contribution in [3.63, 3.8) is 0 Å². The van der Waals surface area contributed by atoms with E-state index in [0.29, 0.717) is 0 Å². The second-order valence-corrected chi connectivity index (χ2v) is 5.54. The van der Waals surface area contributed by atoms with Crippen LogP contribution in [0.5, 0.6) is 0 Å². The maximum Gasteiger partial charge on any atom is 0.243 e. The first-order valence-corrected chi connectivity index (χ1v) is 5.44. The molecule has 7 heteroatoms. The fourth-order valence-corrected chi connectivity index (χ4v) is 1.92. The number of hydrogen-bond donors (Lipinski definition) is 1. The monoisotopic (exact) mass is 322 g/mol. The predicted molar refractivity (Wildman–Crippen MR) is 55.6 cm³/mol. The van der Waals surface area contributed by atoms with Crippen LogP contribution in [0.1, 0.15) is 5.56 Å². The normalized spacial score (nSPS) is 13.1. The first kappa shape index (κ1) is 14.8. The van der Waals surface area contributed by atoms with E-state index in [1.54, 1.807) is 18.2 Å². The topological polar surface area (TPSA) is 37.3 Å². The minimum atomic E-state index is -2.39. The summed E-state index contributed by atoms with van der Waals surface area (Å²) in [5.41, 5.74) is 0.223. The standard InChI is InChI=1S/C7H5Cl3O2S.Zn/c8-6-4-2-1-3-5(6)7(9,10)13(11)12;/h1-4H,(H,11,12);. The Bertz CT molecular complexity index is 345. The van der Waals surface area contributed by atoms with Crippen molar-refractivity contribution in [1.82, 2.24) is 0 Å². The molecule has 1 atom stereocenters. The Morgan fingerprint density at radius 2 is 1.79 bits per heavy atom. The van der Waals surface area contributed by atoms with Crippen molar-refractivity contribution >= 4 is 45.9 Å². The Morgan fingerprint density at radius 1 is 1.29 bits per heavy atom. The minimum Gasteiger partial charge on any atom is -0.304 e. The van der Waals surface area contributed by atoms with E-state index in [9.17, 15) is 4.21 Å². The van der Waals surface area contributed by atoms with Crippen molar-refractivity contribution in [1.29, 1.82) is 0 Å². The van der Waals surface area contributed by atoms with E-state index in [2.05, 4.69) is 0 Å². The minimum absolute atomic E-state index is 0. The second kappa shape index (κ2) is 5.78. The third kappa shape index (κ3) is 3.16. The van der Waals surface area contributed by atoms with E-state index in [4.69, 9.17) is 39.4 Å². The van der Waals surface area contributed by atoms with Crippen molar-refractivity contribution in [2.75, 3.05) is 0 Å². The number of rotatable bonds is 2. The molecule has 74 valence electrons. The number of alkyl halides is 2. The van der Waals surface area contributed by atoms with Gasteiger partial charge in [-0.05, 0) is 6.07 Å². The molecule has 2 nitrogen and oxygen atoms in total. The van der Waals surface area contributed by atoms with Crippen LogP contribution in [0.4, 0.5) is 0 Å². The second-order valence-electron chi connectivity index (χ2n) is 2.25. The van der Waals surface area contributed by atoms with Gasteiger partial charge in [0.1, 0.15) is 0 Å². The van der Waals surface area contributed by atoms with E-state index in [1.165, 1.54) is 6.07 Å². The molecular weight excluding hydrogens is 320 g/mol. The molecule has 0 bridgehead atoms. The molecule has 1 rings (SSSR count). The van der Waals surface area contributed by atoms with Crippen LogP contribution < -0.4 is 0 Å².